The van der Waals surface area contributed by atoms with Gasteiger partial charge in [0, 0.05) is 19.1 Å². The van der Waals surface area contributed by atoms with Crippen LogP contribution < -0.4 is 10.6 Å². The van der Waals surface area contributed by atoms with E-state index in [4.69, 9.17) is 10.2 Å². The third-order valence-corrected chi connectivity index (χ3v) is 2.78. The van der Waals surface area contributed by atoms with E-state index in [0.717, 1.165) is 6.42 Å². The molecule has 2 amide bonds. The SMILES string of the molecule is CC(CC1CC1)NC(=O)N[C@H](CCO)C(=O)O. The van der Waals surface area contributed by atoms with Crippen LogP contribution in [-0.4, -0.2) is 40.9 Å². The summed E-state index contributed by atoms with van der Waals surface area (Å²) < 4.78 is 0. The van der Waals surface area contributed by atoms with E-state index in [2.05, 4.69) is 10.6 Å². The largest absolute Gasteiger partial charge is 0.480 e. The zero-order valence-electron chi connectivity index (χ0n) is 9.98. The topological polar surface area (TPSA) is 98.7 Å². The predicted molar refractivity (Wildman–Crippen MR) is 61.6 cm³/mol. The van der Waals surface area contributed by atoms with Crippen LogP contribution in [0.15, 0.2) is 0 Å². The van der Waals surface area contributed by atoms with Crippen LogP contribution in [-0.2, 0) is 4.79 Å². The molecule has 0 aliphatic heterocycles. The Morgan fingerprint density at radius 3 is 2.47 bits per heavy atom. The van der Waals surface area contributed by atoms with Crippen LogP contribution in [0.4, 0.5) is 4.79 Å². The molecular weight excluding hydrogens is 224 g/mol. The van der Waals surface area contributed by atoms with Crippen molar-refractivity contribution in [1.29, 1.82) is 0 Å². The molecule has 0 spiro atoms. The number of carboxylic acids is 1. The molecule has 0 saturated heterocycles. The van der Waals surface area contributed by atoms with Crippen LogP contribution >= 0.6 is 0 Å². The number of carbonyl (C=O) groups is 2. The summed E-state index contributed by atoms with van der Waals surface area (Å²) in [4.78, 5) is 22.2. The molecule has 1 fully saturated rings. The van der Waals surface area contributed by atoms with Gasteiger partial charge in [-0.3, -0.25) is 0 Å². The maximum Gasteiger partial charge on any atom is 0.326 e. The second-order valence-electron chi connectivity index (χ2n) is 4.60. The minimum absolute atomic E-state index is 0.0137. The summed E-state index contributed by atoms with van der Waals surface area (Å²) in [5.41, 5.74) is 0. The highest BCUT2D eigenvalue weighted by atomic mass is 16.4. The number of aliphatic hydroxyl groups excluding tert-OH is 1. The fourth-order valence-corrected chi connectivity index (χ4v) is 1.72. The Balaban J connectivity index is 2.27. The van der Waals surface area contributed by atoms with Gasteiger partial charge in [0.25, 0.3) is 0 Å². The highest BCUT2D eigenvalue weighted by Crippen LogP contribution is 2.33. The van der Waals surface area contributed by atoms with Crippen molar-refractivity contribution in [2.45, 2.75) is 44.7 Å². The van der Waals surface area contributed by atoms with Crippen molar-refractivity contribution in [3.05, 3.63) is 0 Å². The smallest absolute Gasteiger partial charge is 0.326 e. The summed E-state index contributed by atoms with van der Waals surface area (Å²) in [5.74, 6) is -0.429. The molecule has 0 aromatic carbocycles. The van der Waals surface area contributed by atoms with Gasteiger partial charge in [0.1, 0.15) is 6.04 Å². The number of rotatable bonds is 7. The van der Waals surface area contributed by atoms with Gasteiger partial charge in [-0.15, -0.1) is 0 Å². The lowest BCUT2D eigenvalue weighted by Crippen LogP contribution is -2.48. The quantitative estimate of drug-likeness (QED) is 0.518. The van der Waals surface area contributed by atoms with Gasteiger partial charge in [0.15, 0.2) is 0 Å². The van der Waals surface area contributed by atoms with E-state index in [-0.39, 0.29) is 19.1 Å². The number of aliphatic hydroxyl groups is 1. The Labute approximate surface area is 100 Å². The number of nitrogens with one attached hydrogen (secondary N) is 2. The average molecular weight is 244 g/mol. The molecule has 2 atom stereocenters. The minimum Gasteiger partial charge on any atom is -0.480 e. The monoisotopic (exact) mass is 244 g/mol. The van der Waals surface area contributed by atoms with Crippen LogP contribution in [0, 0.1) is 5.92 Å². The number of hydrogen-bond donors (Lipinski definition) is 4. The van der Waals surface area contributed by atoms with Gasteiger partial charge >= 0.3 is 12.0 Å². The van der Waals surface area contributed by atoms with Gasteiger partial charge in [-0.1, -0.05) is 12.8 Å². The van der Waals surface area contributed by atoms with Crippen LogP contribution in [0.25, 0.3) is 0 Å². The highest BCUT2D eigenvalue weighted by Gasteiger charge is 2.25. The maximum atomic E-state index is 11.5. The van der Waals surface area contributed by atoms with Crippen molar-refractivity contribution in [2.75, 3.05) is 6.61 Å². The standard InChI is InChI=1S/C11H20N2O4/c1-7(6-8-2-3-8)12-11(17)13-9(4-5-14)10(15)16/h7-9,14H,2-6H2,1H3,(H,15,16)(H2,12,13,17)/t7?,9-/m1/s1. The van der Waals surface area contributed by atoms with Crippen molar-refractivity contribution in [1.82, 2.24) is 10.6 Å². The predicted octanol–water partition coefficient (Wildman–Crippen LogP) is 0.310. The first-order chi connectivity index (χ1) is 8.02. The lowest BCUT2D eigenvalue weighted by molar-refractivity contribution is -0.139. The molecule has 1 saturated carbocycles. The molecule has 0 aromatic heterocycles. The molecule has 1 rings (SSSR count). The number of aliphatic carboxylic acids is 1. The zero-order valence-corrected chi connectivity index (χ0v) is 9.98. The zero-order chi connectivity index (χ0) is 12.8. The fraction of sp³-hybridized carbons (Fsp3) is 0.818. The van der Waals surface area contributed by atoms with E-state index >= 15 is 0 Å². The number of amides is 2. The normalized spacial score (nSPS) is 18.2. The van der Waals surface area contributed by atoms with E-state index in [9.17, 15) is 9.59 Å². The molecule has 1 aliphatic carbocycles. The Kier molecular flexibility index (Phi) is 5.21. The Hall–Kier alpha value is -1.30. The van der Waals surface area contributed by atoms with E-state index in [1.54, 1.807) is 0 Å². The van der Waals surface area contributed by atoms with Crippen LogP contribution in [0.5, 0.6) is 0 Å². The van der Waals surface area contributed by atoms with Crippen molar-refractivity contribution in [3.8, 4) is 0 Å². The van der Waals surface area contributed by atoms with Gasteiger partial charge < -0.3 is 20.8 Å². The van der Waals surface area contributed by atoms with E-state index in [1.165, 1.54) is 12.8 Å². The highest BCUT2D eigenvalue weighted by molar-refractivity contribution is 5.82. The Bertz CT molecular complexity index is 279. The summed E-state index contributed by atoms with van der Waals surface area (Å²) in [6.45, 7) is 1.63. The number of urea groups is 1. The lowest BCUT2D eigenvalue weighted by Gasteiger charge is -2.17. The first kappa shape index (κ1) is 13.8. The molecule has 0 heterocycles. The van der Waals surface area contributed by atoms with Crippen molar-refractivity contribution >= 4 is 12.0 Å². The Morgan fingerprint density at radius 1 is 1.35 bits per heavy atom. The van der Waals surface area contributed by atoms with E-state index < -0.39 is 18.0 Å². The van der Waals surface area contributed by atoms with Gasteiger partial charge in [-0.05, 0) is 19.3 Å². The lowest BCUT2D eigenvalue weighted by atomic mass is 10.1. The number of carboxylic acid groups (broad SMARTS) is 1. The molecule has 4 N–H and O–H groups in total. The van der Waals surface area contributed by atoms with E-state index in [0.29, 0.717) is 5.92 Å². The first-order valence-electron chi connectivity index (χ1n) is 5.93. The molecule has 6 nitrogen and oxygen atoms in total. The van der Waals surface area contributed by atoms with Crippen LogP contribution in [0.2, 0.25) is 0 Å². The fourth-order valence-electron chi connectivity index (χ4n) is 1.72. The van der Waals surface area contributed by atoms with Gasteiger partial charge in [0.2, 0.25) is 0 Å². The number of hydrogen-bond acceptors (Lipinski definition) is 3. The van der Waals surface area contributed by atoms with Gasteiger partial charge in [-0.2, -0.15) is 0 Å². The van der Waals surface area contributed by atoms with E-state index in [1.807, 2.05) is 6.92 Å². The molecular formula is C11H20N2O4. The summed E-state index contributed by atoms with van der Waals surface area (Å²) in [6.07, 6.45) is 3.39. The third kappa shape index (κ3) is 5.53. The second-order valence-corrected chi connectivity index (χ2v) is 4.60. The van der Waals surface area contributed by atoms with Crippen molar-refractivity contribution in [3.63, 3.8) is 0 Å². The summed E-state index contributed by atoms with van der Waals surface area (Å²) >= 11 is 0. The minimum atomic E-state index is -1.14. The van der Waals surface area contributed by atoms with Crippen molar-refractivity contribution in [2.24, 2.45) is 5.92 Å². The summed E-state index contributed by atoms with van der Waals surface area (Å²) in [7, 11) is 0. The van der Waals surface area contributed by atoms with Crippen LogP contribution in [0.1, 0.15) is 32.6 Å². The molecule has 1 unspecified atom stereocenters. The van der Waals surface area contributed by atoms with Gasteiger partial charge in [-0.25, -0.2) is 9.59 Å². The molecule has 98 valence electrons. The molecule has 17 heavy (non-hydrogen) atoms. The van der Waals surface area contributed by atoms with Crippen LogP contribution in [0.3, 0.4) is 0 Å². The third-order valence-electron chi connectivity index (χ3n) is 2.78. The molecule has 0 aromatic rings. The Morgan fingerprint density at radius 2 is 2.00 bits per heavy atom. The average Bonchev–Trinajstić information content (AvgIpc) is 3.00. The molecule has 1 aliphatic rings. The molecule has 0 bridgehead atoms. The first-order valence-corrected chi connectivity index (χ1v) is 5.93. The number of carbonyl (C=O) groups excluding carboxylic acids is 1. The molecule has 6 heteroatoms. The summed E-state index contributed by atoms with van der Waals surface area (Å²) in [5, 5.41) is 22.5. The van der Waals surface area contributed by atoms with Crippen molar-refractivity contribution < 1.29 is 19.8 Å². The second kappa shape index (κ2) is 6.44. The molecule has 0 radical (unpaired) electrons. The van der Waals surface area contributed by atoms with Gasteiger partial charge in [0.05, 0.1) is 0 Å². The summed E-state index contributed by atoms with van der Waals surface area (Å²) in [6, 6.07) is -1.47. The maximum absolute atomic E-state index is 11.5.